The first-order valence-corrected chi connectivity index (χ1v) is 10.8. The molecule has 0 bridgehead atoms. The number of aliphatic carboxylic acids is 1. The van der Waals surface area contributed by atoms with Gasteiger partial charge in [0.25, 0.3) is 5.88 Å². The molecule has 0 radical (unpaired) electrons. The number of hydrogen-bond donors (Lipinski definition) is 1. The molecule has 0 saturated heterocycles. The molecule has 0 saturated carbocycles. The van der Waals surface area contributed by atoms with Crippen LogP contribution in [0.15, 0.2) is 60.8 Å². The number of rotatable bonds is 11. The van der Waals surface area contributed by atoms with Gasteiger partial charge in [-0.1, -0.05) is 35.9 Å². The second-order valence-electron chi connectivity index (χ2n) is 7.42. The number of aromatic nitrogens is 1. The summed E-state index contributed by atoms with van der Waals surface area (Å²) in [5.41, 5.74) is 2.03. The number of hydrogen-bond acceptors (Lipinski definition) is 5. The first-order valence-electron chi connectivity index (χ1n) is 10.4. The van der Waals surface area contributed by atoms with E-state index >= 15 is 0 Å². The van der Waals surface area contributed by atoms with Crippen molar-refractivity contribution in [3.63, 3.8) is 0 Å². The lowest BCUT2D eigenvalue weighted by molar-refractivity contribution is -0.136. The van der Waals surface area contributed by atoms with Crippen molar-refractivity contribution in [1.82, 2.24) is 4.98 Å². The Labute approximate surface area is 192 Å². The zero-order chi connectivity index (χ0) is 22.9. The van der Waals surface area contributed by atoms with Crippen molar-refractivity contribution in [1.29, 1.82) is 0 Å². The molecule has 1 N–H and O–H groups in total. The highest BCUT2D eigenvalue weighted by atomic mass is 35.5. The molecule has 0 fully saturated rings. The molecule has 6 nitrogen and oxygen atoms in total. The quantitative estimate of drug-likeness (QED) is 0.377. The van der Waals surface area contributed by atoms with Crippen molar-refractivity contribution < 1.29 is 24.1 Å². The molecule has 1 heterocycles. The summed E-state index contributed by atoms with van der Waals surface area (Å²) in [5.74, 6) is 1.42. The van der Waals surface area contributed by atoms with Crippen LogP contribution in [0.2, 0.25) is 5.02 Å². The van der Waals surface area contributed by atoms with E-state index in [9.17, 15) is 4.79 Å². The molecule has 0 aliphatic rings. The van der Waals surface area contributed by atoms with Crippen LogP contribution in [-0.4, -0.2) is 28.8 Å². The van der Waals surface area contributed by atoms with Gasteiger partial charge in [-0.05, 0) is 55.7 Å². The van der Waals surface area contributed by atoms with Crippen LogP contribution in [0, 0.1) is 6.92 Å². The zero-order valence-corrected chi connectivity index (χ0v) is 18.8. The number of aryl methyl sites for hydroxylation is 2. The third-order valence-corrected chi connectivity index (χ3v) is 4.99. The fourth-order valence-corrected chi connectivity index (χ4v) is 3.21. The highest BCUT2D eigenvalue weighted by Gasteiger charge is 2.14. The van der Waals surface area contributed by atoms with Gasteiger partial charge in [-0.2, -0.15) is 0 Å². The number of para-hydroxylation sites is 1. The Morgan fingerprint density at radius 2 is 1.91 bits per heavy atom. The van der Waals surface area contributed by atoms with E-state index in [1.54, 1.807) is 6.07 Å². The Kier molecular flexibility index (Phi) is 8.34. The van der Waals surface area contributed by atoms with Crippen LogP contribution in [-0.2, 0) is 11.2 Å². The lowest BCUT2D eigenvalue weighted by Crippen LogP contribution is -2.17. The number of nitrogens with zero attached hydrogens (tertiary/aromatic N) is 1. The number of halogens is 1. The molecule has 3 aromatic rings. The molecule has 3 rings (SSSR count). The van der Waals surface area contributed by atoms with Crippen LogP contribution >= 0.6 is 11.6 Å². The molecular weight excluding hydrogens is 430 g/mol. The van der Waals surface area contributed by atoms with E-state index in [0.29, 0.717) is 41.9 Å². The van der Waals surface area contributed by atoms with Crippen molar-refractivity contribution in [3.8, 4) is 23.1 Å². The van der Waals surface area contributed by atoms with Crippen LogP contribution in [0.3, 0.4) is 0 Å². The molecule has 0 aliphatic heterocycles. The summed E-state index contributed by atoms with van der Waals surface area (Å²) in [5, 5.41) is 9.30. The number of carboxylic acid groups (broad SMARTS) is 1. The second-order valence-corrected chi connectivity index (χ2v) is 7.86. The van der Waals surface area contributed by atoms with Gasteiger partial charge in [0.1, 0.15) is 17.6 Å². The molecule has 0 aliphatic carbocycles. The fourth-order valence-electron chi connectivity index (χ4n) is 3.06. The minimum absolute atomic E-state index is 0.116. The predicted molar refractivity (Wildman–Crippen MR) is 123 cm³/mol. The summed E-state index contributed by atoms with van der Waals surface area (Å²) in [6.45, 7) is 4.35. The molecule has 1 unspecified atom stereocenters. The SMILES string of the molecule is Cc1cc(OCCC(C)Oc2ncc(Cl)cc2Oc2ccccc2)ccc1CCC(=O)O. The van der Waals surface area contributed by atoms with Crippen molar-refractivity contribution >= 4 is 17.6 Å². The molecule has 7 heteroatoms. The Balaban J connectivity index is 1.53. The third kappa shape index (κ3) is 7.17. The summed E-state index contributed by atoms with van der Waals surface area (Å²) in [7, 11) is 0. The lowest BCUT2D eigenvalue weighted by atomic mass is 10.0. The van der Waals surface area contributed by atoms with Crippen molar-refractivity contribution in [2.45, 2.75) is 39.2 Å². The van der Waals surface area contributed by atoms with Crippen LogP contribution in [0.1, 0.15) is 30.9 Å². The monoisotopic (exact) mass is 455 g/mol. The first-order chi connectivity index (χ1) is 15.4. The fraction of sp³-hybridized carbons (Fsp3) is 0.280. The summed E-state index contributed by atoms with van der Waals surface area (Å²) in [6.07, 6.45) is 2.61. The number of carbonyl (C=O) groups is 1. The zero-order valence-electron chi connectivity index (χ0n) is 18.1. The van der Waals surface area contributed by atoms with Crippen LogP contribution in [0.5, 0.6) is 23.1 Å². The van der Waals surface area contributed by atoms with E-state index < -0.39 is 5.97 Å². The minimum Gasteiger partial charge on any atom is -0.493 e. The van der Waals surface area contributed by atoms with Gasteiger partial charge in [0.05, 0.1) is 11.6 Å². The average molecular weight is 456 g/mol. The summed E-state index contributed by atoms with van der Waals surface area (Å²) >= 11 is 6.08. The molecule has 168 valence electrons. The topological polar surface area (TPSA) is 77.9 Å². The molecule has 32 heavy (non-hydrogen) atoms. The summed E-state index contributed by atoms with van der Waals surface area (Å²) in [4.78, 5) is 15.0. The van der Waals surface area contributed by atoms with Gasteiger partial charge in [0.15, 0.2) is 5.75 Å². The van der Waals surface area contributed by atoms with Gasteiger partial charge in [0.2, 0.25) is 0 Å². The normalized spacial score (nSPS) is 11.6. The van der Waals surface area contributed by atoms with Crippen molar-refractivity contribution in [2.75, 3.05) is 6.61 Å². The average Bonchev–Trinajstić information content (AvgIpc) is 2.76. The third-order valence-electron chi connectivity index (χ3n) is 4.78. The maximum Gasteiger partial charge on any atom is 0.303 e. The molecule has 2 aromatic carbocycles. The number of ether oxygens (including phenoxy) is 3. The molecule has 1 aromatic heterocycles. The highest BCUT2D eigenvalue weighted by molar-refractivity contribution is 6.30. The van der Waals surface area contributed by atoms with Gasteiger partial charge in [0, 0.05) is 25.1 Å². The maximum absolute atomic E-state index is 10.8. The molecule has 0 amide bonds. The largest absolute Gasteiger partial charge is 0.493 e. The predicted octanol–water partition coefficient (Wildman–Crippen LogP) is 6.09. The highest BCUT2D eigenvalue weighted by Crippen LogP contribution is 2.32. The van der Waals surface area contributed by atoms with E-state index in [-0.39, 0.29) is 12.5 Å². The first kappa shape index (κ1) is 23.4. The van der Waals surface area contributed by atoms with Crippen LogP contribution in [0.25, 0.3) is 0 Å². The Bertz CT molecular complexity index is 1040. The summed E-state index contributed by atoms with van der Waals surface area (Å²) in [6, 6.07) is 16.7. The van der Waals surface area contributed by atoms with E-state index in [0.717, 1.165) is 16.9 Å². The maximum atomic E-state index is 10.8. The standard InChI is InChI=1S/C25H26ClNO5/c1-17-14-22(10-8-19(17)9-11-24(28)29)30-13-12-18(2)31-25-23(15-20(26)16-27-25)32-21-6-4-3-5-7-21/h3-8,10,14-16,18H,9,11-13H2,1-2H3,(H,28,29). The number of pyridine rings is 1. The van der Waals surface area contributed by atoms with Crippen molar-refractivity contribution in [2.24, 2.45) is 0 Å². The minimum atomic E-state index is -0.800. The molecule has 0 spiro atoms. The number of benzene rings is 2. The molecular formula is C25H26ClNO5. The van der Waals surface area contributed by atoms with Gasteiger partial charge in [-0.25, -0.2) is 4.98 Å². The van der Waals surface area contributed by atoms with E-state index in [1.807, 2.05) is 62.4 Å². The van der Waals surface area contributed by atoms with Gasteiger partial charge in [-0.3, -0.25) is 4.79 Å². The van der Waals surface area contributed by atoms with E-state index in [2.05, 4.69) is 4.98 Å². The van der Waals surface area contributed by atoms with Crippen molar-refractivity contribution in [3.05, 3.63) is 76.9 Å². The Morgan fingerprint density at radius 3 is 2.62 bits per heavy atom. The Morgan fingerprint density at radius 1 is 1.12 bits per heavy atom. The van der Waals surface area contributed by atoms with Gasteiger partial charge >= 0.3 is 5.97 Å². The van der Waals surface area contributed by atoms with Gasteiger partial charge in [-0.15, -0.1) is 0 Å². The molecule has 1 atom stereocenters. The van der Waals surface area contributed by atoms with Crippen LogP contribution < -0.4 is 14.2 Å². The van der Waals surface area contributed by atoms with E-state index in [1.165, 1.54) is 6.20 Å². The number of carboxylic acids is 1. The second kappa shape index (κ2) is 11.4. The van der Waals surface area contributed by atoms with E-state index in [4.69, 9.17) is 30.9 Å². The lowest BCUT2D eigenvalue weighted by Gasteiger charge is -2.17. The smallest absolute Gasteiger partial charge is 0.303 e. The van der Waals surface area contributed by atoms with Gasteiger partial charge < -0.3 is 19.3 Å². The summed E-state index contributed by atoms with van der Waals surface area (Å²) < 4.78 is 17.7. The van der Waals surface area contributed by atoms with Crippen LogP contribution in [0.4, 0.5) is 0 Å². The Hall–Kier alpha value is -3.25.